The van der Waals surface area contributed by atoms with Crippen LogP contribution in [0.25, 0.3) is 16.4 Å². The number of aryl methyl sites for hydroxylation is 1. The van der Waals surface area contributed by atoms with Gasteiger partial charge in [0.2, 0.25) is 5.91 Å². The maximum absolute atomic E-state index is 12.9. The van der Waals surface area contributed by atoms with Gasteiger partial charge in [0.25, 0.3) is 0 Å². The molecule has 1 saturated carbocycles. The molecule has 3 aliphatic rings. The number of nitrogens with one attached hydrogen (secondary N) is 1. The summed E-state index contributed by atoms with van der Waals surface area (Å²) < 4.78 is 5.85. The molecule has 0 radical (unpaired) electrons. The van der Waals surface area contributed by atoms with Gasteiger partial charge in [-0.1, -0.05) is 0 Å². The Hall–Kier alpha value is -3.00. The first kappa shape index (κ1) is 19.7. The van der Waals surface area contributed by atoms with E-state index in [0.29, 0.717) is 18.6 Å². The van der Waals surface area contributed by atoms with Crippen LogP contribution in [0, 0.1) is 5.92 Å². The lowest BCUT2D eigenvalue weighted by atomic mass is 9.87. The molecule has 1 aliphatic heterocycles. The van der Waals surface area contributed by atoms with E-state index in [2.05, 4.69) is 26.3 Å². The fourth-order valence-electron chi connectivity index (χ4n) is 4.72. The summed E-state index contributed by atoms with van der Waals surface area (Å²) in [6, 6.07) is 4.48. The summed E-state index contributed by atoms with van der Waals surface area (Å²) in [4.78, 5) is 30.6. The van der Waals surface area contributed by atoms with Gasteiger partial charge in [-0.2, -0.15) is 0 Å². The summed E-state index contributed by atoms with van der Waals surface area (Å²) in [5.41, 5.74) is 2.17. The van der Waals surface area contributed by atoms with Gasteiger partial charge in [-0.05, 0) is 50.7 Å². The zero-order chi connectivity index (χ0) is 21.8. The second kappa shape index (κ2) is 7.55. The highest BCUT2D eigenvalue weighted by molar-refractivity contribution is 7.19. The average Bonchev–Trinajstić information content (AvgIpc) is 3.56. The molecule has 1 aromatic carbocycles. The minimum atomic E-state index is 0.0716. The number of carbonyl (C=O) groups excluding carboxylic acids is 1. The van der Waals surface area contributed by atoms with Gasteiger partial charge in [0.05, 0.1) is 23.0 Å². The van der Waals surface area contributed by atoms with E-state index >= 15 is 0 Å². The topological polar surface area (TPSA) is 79.7 Å². The number of thiophene rings is 1. The van der Waals surface area contributed by atoms with Crippen molar-refractivity contribution in [3.05, 3.63) is 39.5 Å². The Kier molecular flexibility index (Phi) is 4.64. The summed E-state index contributed by atoms with van der Waals surface area (Å²) >= 11 is 1.70. The maximum atomic E-state index is 12.9. The molecule has 1 unspecified atom stereocenters. The van der Waals surface area contributed by atoms with Gasteiger partial charge >= 0.3 is 0 Å². The van der Waals surface area contributed by atoms with Gasteiger partial charge in [-0.25, -0.2) is 9.97 Å². The van der Waals surface area contributed by atoms with Crippen LogP contribution in [0.15, 0.2) is 23.5 Å². The highest BCUT2D eigenvalue weighted by Gasteiger charge is 2.36. The summed E-state index contributed by atoms with van der Waals surface area (Å²) in [6.45, 7) is 2.55. The van der Waals surface area contributed by atoms with Gasteiger partial charge in [0.15, 0.2) is 0 Å². The smallest absolute Gasteiger partial charge is 0.226 e. The van der Waals surface area contributed by atoms with Crippen molar-refractivity contribution in [2.24, 2.45) is 10.9 Å². The van der Waals surface area contributed by atoms with E-state index < -0.39 is 0 Å². The van der Waals surface area contributed by atoms with Gasteiger partial charge in [0, 0.05) is 41.4 Å². The molecule has 3 aromatic rings. The van der Waals surface area contributed by atoms with Gasteiger partial charge in [-0.15, -0.1) is 11.3 Å². The number of anilines is 2. The molecule has 3 heterocycles. The van der Waals surface area contributed by atoms with Crippen molar-refractivity contribution in [2.45, 2.75) is 45.1 Å². The number of rotatable bonds is 6. The van der Waals surface area contributed by atoms with Crippen LogP contribution in [0.2, 0.25) is 0 Å². The predicted octanol–water partition coefficient (Wildman–Crippen LogP) is 2.93. The van der Waals surface area contributed by atoms with E-state index in [1.165, 1.54) is 10.4 Å². The van der Waals surface area contributed by atoms with Crippen LogP contribution in [-0.2, 0) is 17.6 Å². The maximum Gasteiger partial charge on any atom is 0.226 e. The molecule has 8 heteroatoms. The first-order chi connectivity index (χ1) is 15.6. The summed E-state index contributed by atoms with van der Waals surface area (Å²) in [7, 11) is 1.96. The van der Waals surface area contributed by atoms with Crippen LogP contribution in [0.1, 0.15) is 36.6 Å². The summed E-state index contributed by atoms with van der Waals surface area (Å²) in [6.07, 6.45) is 8.31. The summed E-state index contributed by atoms with van der Waals surface area (Å²) in [5, 5.41) is 6.63. The van der Waals surface area contributed by atoms with Crippen LogP contribution >= 0.6 is 11.3 Å². The molecule has 7 nitrogen and oxygen atoms in total. The van der Waals surface area contributed by atoms with Crippen molar-refractivity contribution >= 4 is 45.2 Å². The quantitative estimate of drug-likeness (QED) is 0.629. The normalized spacial score (nSPS) is 18.6. The number of aromatic nitrogens is 2. The zero-order valence-corrected chi connectivity index (χ0v) is 19.0. The Morgan fingerprint density at radius 2 is 2.16 bits per heavy atom. The standard InChI is InChI=1S/C24H25N5O2S/c1-3-31-19-10-17-14(11-25-17)8-18(19)28-22-21-16-7-4-13(24(30)29(2)15-5-6-15)9-20(16)32-23(21)27-12-26-22/h8,10-13,15H,3-7,9H2,1-2H3,(H,26,27,28). The van der Waals surface area contributed by atoms with Crippen molar-refractivity contribution in [1.82, 2.24) is 14.9 Å². The fraction of sp³-hybridized carbons (Fsp3) is 0.417. The molecule has 32 heavy (non-hydrogen) atoms. The number of nitrogens with zero attached hydrogens (tertiary/aromatic N) is 4. The second-order valence-electron chi connectivity index (χ2n) is 8.75. The number of fused-ring (bicyclic) bond motifs is 4. The minimum Gasteiger partial charge on any atom is -0.492 e. The molecular formula is C24H25N5O2S. The van der Waals surface area contributed by atoms with E-state index in [1.807, 2.05) is 31.1 Å². The molecule has 2 aliphatic carbocycles. The number of carbonyl (C=O) groups is 1. The molecule has 0 spiro atoms. The Morgan fingerprint density at radius 3 is 2.91 bits per heavy atom. The molecule has 1 atom stereocenters. The SMILES string of the molecule is CCOc1cc2c(cc1Nc1ncnc3sc4c(c13)CCC(C(=O)N(C)C1CC1)C4)=CN=2. The third kappa shape index (κ3) is 3.24. The highest BCUT2D eigenvalue weighted by Crippen LogP contribution is 2.41. The molecule has 0 bridgehead atoms. The minimum absolute atomic E-state index is 0.0716. The van der Waals surface area contributed by atoms with E-state index in [9.17, 15) is 4.79 Å². The van der Waals surface area contributed by atoms with E-state index in [0.717, 1.165) is 70.2 Å². The molecule has 0 saturated heterocycles. The van der Waals surface area contributed by atoms with E-state index in [1.54, 1.807) is 17.7 Å². The lowest BCUT2D eigenvalue weighted by molar-refractivity contribution is -0.135. The Bertz CT molecular complexity index is 1360. The van der Waals surface area contributed by atoms with Crippen LogP contribution in [0.3, 0.4) is 0 Å². The first-order valence-corrected chi connectivity index (χ1v) is 12.1. The fourth-order valence-corrected chi connectivity index (χ4v) is 5.99. The van der Waals surface area contributed by atoms with Crippen LogP contribution in [-0.4, -0.2) is 40.5 Å². The largest absolute Gasteiger partial charge is 0.492 e. The number of amides is 1. The van der Waals surface area contributed by atoms with Gasteiger partial charge < -0.3 is 15.0 Å². The third-order valence-electron chi connectivity index (χ3n) is 6.66. The number of benzene rings is 1. The monoisotopic (exact) mass is 447 g/mol. The molecule has 1 fully saturated rings. The number of hydrogen-bond donors (Lipinski definition) is 1. The molecule has 1 N–H and O–H groups in total. The Balaban J connectivity index is 1.34. The van der Waals surface area contributed by atoms with Crippen molar-refractivity contribution in [1.29, 1.82) is 0 Å². The van der Waals surface area contributed by atoms with E-state index in [-0.39, 0.29) is 5.92 Å². The second-order valence-corrected chi connectivity index (χ2v) is 9.83. The van der Waals surface area contributed by atoms with Crippen LogP contribution < -0.4 is 20.6 Å². The Labute approximate surface area is 189 Å². The molecule has 2 aromatic heterocycles. The van der Waals surface area contributed by atoms with E-state index in [4.69, 9.17) is 4.74 Å². The van der Waals surface area contributed by atoms with Gasteiger partial charge in [-0.3, -0.25) is 9.79 Å². The number of hydrogen-bond acceptors (Lipinski definition) is 7. The van der Waals surface area contributed by atoms with Crippen molar-refractivity contribution in [3.63, 3.8) is 0 Å². The van der Waals surface area contributed by atoms with Crippen LogP contribution in [0.5, 0.6) is 5.75 Å². The average molecular weight is 448 g/mol. The molecular weight excluding hydrogens is 422 g/mol. The lowest BCUT2D eigenvalue weighted by Gasteiger charge is -2.26. The lowest BCUT2D eigenvalue weighted by Crippen LogP contribution is -2.36. The first-order valence-electron chi connectivity index (χ1n) is 11.3. The van der Waals surface area contributed by atoms with Crippen molar-refractivity contribution in [2.75, 3.05) is 19.0 Å². The van der Waals surface area contributed by atoms with Crippen molar-refractivity contribution in [3.8, 4) is 5.75 Å². The molecule has 164 valence electrons. The van der Waals surface area contributed by atoms with Crippen molar-refractivity contribution < 1.29 is 9.53 Å². The summed E-state index contributed by atoms with van der Waals surface area (Å²) in [5.74, 6) is 1.93. The zero-order valence-electron chi connectivity index (χ0n) is 18.2. The van der Waals surface area contributed by atoms with Gasteiger partial charge in [0.1, 0.15) is 22.7 Å². The highest BCUT2D eigenvalue weighted by atomic mass is 32.1. The predicted molar refractivity (Wildman–Crippen MR) is 125 cm³/mol. The number of ether oxygens (including phenoxy) is 1. The molecule has 6 rings (SSSR count). The third-order valence-corrected chi connectivity index (χ3v) is 7.82. The molecule has 1 amide bonds. The van der Waals surface area contributed by atoms with Crippen LogP contribution in [0.4, 0.5) is 11.5 Å². The Morgan fingerprint density at radius 1 is 1.28 bits per heavy atom.